The van der Waals surface area contributed by atoms with Gasteiger partial charge in [-0.3, -0.25) is 0 Å². The zero-order valence-electron chi connectivity index (χ0n) is 28.5. The average molecular weight is 680 g/mol. The smallest absolute Gasteiger partial charge is 0.123 e. The van der Waals surface area contributed by atoms with Crippen LogP contribution in [-0.4, -0.2) is 9.13 Å². The molecular weight excluding hydrogens is 650 g/mol. The van der Waals surface area contributed by atoms with Crippen molar-refractivity contribution in [2.45, 2.75) is 0 Å². The zero-order chi connectivity index (χ0) is 35.5. The highest BCUT2D eigenvalue weighted by Crippen LogP contribution is 2.41. The summed E-state index contributed by atoms with van der Waals surface area (Å²) in [6, 6.07) is 63.9. The van der Waals surface area contributed by atoms with E-state index in [2.05, 4.69) is 137 Å². The molecule has 10 aromatic rings. The third-order valence-electron chi connectivity index (χ3n) is 10.4. The summed E-state index contributed by atoms with van der Waals surface area (Å²) >= 11 is 0. The first-order valence-corrected chi connectivity index (χ1v) is 17.7. The lowest BCUT2D eigenvalue weighted by Crippen LogP contribution is -2.05. The Morgan fingerprint density at radius 3 is 1.28 bits per heavy atom. The molecule has 0 N–H and O–H groups in total. The van der Waals surface area contributed by atoms with Gasteiger partial charge in [0.15, 0.2) is 0 Å². The minimum atomic E-state index is -0.314. The van der Waals surface area contributed by atoms with Gasteiger partial charge in [0, 0.05) is 21.5 Å². The van der Waals surface area contributed by atoms with Crippen molar-refractivity contribution in [2.75, 3.05) is 0 Å². The summed E-state index contributed by atoms with van der Waals surface area (Å²) in [5, 5.41) is 15.6. The molecule has 0 aliphatic rings. The van der Waals surface area contributed by atoms with Gasteiger partial charge in [0.05, 0.1) is 33.4 Å². The molecule has 0 fully saturated rings. The number of nitriles is 1. The van der Waals surface area contributed by atoms with Gasteiger partial charge >= 0.3 is 0 Å². The Labute approximate surface area is 305 Å². The molecule has 4 heteroatoms. The van der Waals surface area contributed by atoms with E-state index in [1.165, 1.54) is 6.07 Å². The zero-order valence-corrected chi connectivity index (χ0v) is 28.5. The van der Waals surface area contributed by atoms with Gasteiger partial charge in [-0.15, -0.1) is 0 Å². The largest absolute Gasteiger partial charge is 0.308 e. The fourth-order valence-corrected chi connectivity index (χ4v) is 8.00. The lowest BCUT2D eigenvalue weighted by Gasteiger charge is -2.18. The van der Waals surface area contributed by atoms with Gasteiger partial charge in [0.25, 0.3) is 0 Å². The molecule has 0 bridgehead atoms. The predicted octanol–water partition coefficient (Wildman–Crippen LogP) is 12.9. The molecule has 0 saturated carbocycles. The van der Waals surface area contributed by atoms with Crippen molar-refractivity contribution in [1.82, 2.24) is 9.13 Å². The molecule has 8 aromatic carbocycles. The summed E-state index contributed by atoms with van der Waals surface area (Å²) in [4.78, 5) is 0. The van der Waals surface area contributed by atoms with E-state index in [9.17, 15) is 9.65 Å². The standard InChI is InChI=1S/C49H30FN3/c50-38-17-11-16-34(26-38)37-29-48(52-44-20-9-7-18-39(44)41-27-35(22-24-46(41)52)32-12-3-1-4-13-32)43(31-51)49(30-37)53-45-21-10-8-19-40(45)42-28-36(23-25-47(42)53)33-14-5-2-6-15-33/h1-30H. The Bertz CT molecular complexity index is 2890. The van der Waals surface area contributed by atoms with Crippen LogP contribution in [0, 0.1) is 17.1 Å². The van der Waals surface area contributed by atoms with Crippen molar-refractivity contribution in [2.24, 2.45) is 0 Å². The maximum atomic E-state index is 14.9. The lowest BCUT2D eigenvalue weighted by molar-refractivity contribution is 0.628. The van der Waals surface area contributed by atoms with Gasteiger partial charge in [0.1, 0.15) is 17.4 Å². The molecule has 3 nitrogen and oxygen atoms in total. The third-order valence-corrected chi connectivity index (χ3v) is 10.4. The lowest BCUT2D eigenvalue weighted by atomic mass is 9.99. The van der Waals surface area contributed by atoms with Crippen molar-refractivity contribution in [3.05, 3.63) is 193 Å². The molecule has 2 heterocycles. The molecule has 0 saturated heterocycles. The minimum Gasteiger partial charge on any atom is -0.308 e. The molecule has 0 spiro atoms. The maximum Gasteiger partial charge on any atom is 0.123 e. The van der Waals surface area contributed by atoms with E-state index in [0.717, 1.165) is 88.4 Å². The fraction of sp³-hybridized carbons (Fsp3) is 0. The van der Waals surface area contributed by atoms with Gasteiger partial charge in [-0.2, -0.15) is 5.26 Å². The van der Waals surface area contributed by atoms with E-state index < -0.39 is 0 Å². The summed E-state index contributed by atoms with van der Waals surface area (Å²) < 4.78 is 19.3. The van der Waals surface area contributed by atoms with Gasteiger partial charge in [-0.05, 0) is 94.0 Å². The highest BCUT2D eigenvalue weighted by atomic mass is 19.1. The first-order chi connectivity index (χ1) is 26.2. The highest BCUT2D eigenvalue weighted by molar-refractivity contribution is 6.12. The number of para-hydroxylation sites is 2. The third kappa shape index (κ3) is 4.94. The fourth-order valence-electron chi connectivity index (χ4n) is 8.00. The number of hydrogen-bond donors (Lipinski definition) is 0. The number of rotatable bonds is 5. The van der Waals surface area contributed by atoms with Crippen LogP contribution < -0.4 is 0 Å². The first-order valence-electron chi connectivity index (χ1n) is 17.7. The Balaban J connectivity index is 1.31. The molecule has 53 heavy (non-hydrogen) atoms. The number of fused-ring (bicyclic) bond motifs is 6. The summed E-state index contributed by atoms with van der Waals surface area (Å²) in [6.45, 7) is 0. The normalized spacial score (nSPS) is 11.5. The second-order valence-corrected chi connectivity index (χ2v) is 13.4. The molecule has 0 amide bonds. The summed E-state index contributed by atoms with van der Waals surface area (Å²) in [7, 11) is 0. The molecule has 2 aromatic heterocycles. The van der Waals surface area contributed by atoms with Crippen LogP contribution >= 0.6 is 0 Å². The number of benzene rings is 8. The Kier molecular flexibility index (Phi) is 7.06. The van der Waals surface area contributed by atoms with Crippen molar-refractivity contribution < 1.29 is 4.39 Å². The van der Waals surface area contributed by atoms with Gasteiger partial charge in [-0.25, -0.2) is 4.39 Å². The predicted molar refractivity (Wildman–Crippen MR) is 216 cm³/mol. The molecular formula is C49H30FN3. The Morgan fingerprint density at radius 1 is 0.358 bits per heavy atom. The molecule has 0 radical (unpaired) electrons. The van der Waals surface area contributed by atoms with Crippen LogP contribution in [0.2, 0.25) is 0 Å². The SMILES string of the molecule is N#Cc1c(-n2c3ccccc3c3cc(-c4ccccc4)ccc32)cc(-c2cccc(F)c2)cc1-n1c2ccccc2c2cc(-c3ccccc3)ccc21. The molecule has 0 aliphatic carbocycles. The van der Waals surface area contributed by atoms with Crippen LogP contribution in [0.25, 0.3) is 88.4 Å². The van der Waals surface area contributed by atoms with Crippen LogP contribution in [0.5, 0.6) is 0 Å². The maximum absolute atomic E-state index is 14.9. The molecule has 248 valence electrons. The van der Waals surface area contributed by atoms with Crippen LogP contribution in [0.15, 0.2) is 182 Å². The van der Waals surface area contributed by atoms with Gasteiger partial charge in [0.2, 0.25) is 0 Å². The van der Waals surface area contributed by atoms with E-state index >= 15 is 0 Å². The van der Waals surface area contributed by atoms with E-state index in [0.29, 0.717) is 5.56 Å². The van der Waals surface area contributed by atoms with Crippen molar-refractivity contribution in [1.29, 1.82) is 5.26 Å². The summed E-state index contributed by atoms with van der Waals surface area (Å²) in [6.07, 6.45) is 0. The van der Waals surface area contributed by atoms with Gasteiger partial charge < -0.3 is 9.13 Å². The van der Waals surface area contributed by atoms with E-state index in [1.807, 2.05) is 42.5 Å². The second kappa shape index (κ2) is 12.2. The summed E-state index contributed by atoms with van der Waals surface area (Å²) in [5.41, 5.74) is 12.0. The van der Waals surface area contributed by atoms with E-state index in [1.54, 1.807) is 12.1 Å². The monoisotopic (exact) mass is 679 g/mol. The van der Waals surface area contributed by atoms with Gasteiger partial charge in [-0.1, -0.05) is 121 Å². The average Bonchev–Trinajstić information content (AvgIpc) is 3.73. The van der Waals surface area contributed by atoms with Crippen molar-refractivity contribution in [3.63, 3.8) is 0 Å². The van der Waals surface area contributed by atoms with Crippen molar-refractivity contribution in [3.8, 4) is 50.8 Å². The number of aromatic nitrogens is 2. The van der Waals surface area contributed by atoms with E-state index in [4.69, 9.17) is 0 Å². The van der Waals surface area contributed by atoms with Crippen LogP contribution in [-0.2, 0) is 0 Å². The quantitative estimate of drug-likeness (QED) is 0.178. The van der Waals surface area contributed by atoms with Crippen LogP contribution in [0.1, 0.15) is 5.56 Å². The highest BCUT2D eigenvalue weighted by Gasteiger charge is 2.23. The van der Waals surface area contributed by atoms with E-state index in [-0.39, 0.29) is 5.82 Å². The van der Waals surface area contributed by atoms with Crippen LogP contribution in [0.3, 0.4) is 0 Å². The number of halogens is 1. The first kappa shape index (κ1) is 30.6. The Hall–Kier alpha value is -7.22. The molecule has 10 rings (SSSR count). The number of nitrogens with zero attached hydrogens (tertiary/aromatic N) is 3. The minimum absolute atomic E-state index is 0.314. The molecule has 0 atom stereocenters. The molecule has 0 aliphatic heterocycles. The topological polar surface area (TPSA) is 33.6 Å². The Morgan fingerprint density at radius 2 is 0.792 bits per heavy atom. The van der Waals surface area contributed by atoms with Crippen molar-refractivity contribution >= 4 is 43.6 Å². The van der Waals surface area contributed by atoms with Crippen LogP contribution in [0.4, 0.5) is 4.39 Å². The number of hydrogen-bond acceptors (Lipinski definition) is 1. The summed E-state index contributed by atoms with van der Waals surface area (Å²) in [5.74, 6) is -0.314. The second-order valence-electron chi connectivity index (χ2n) is 13.4. The molecule has 0 unspecified atom stereocenters.